The van der Waals surface area contributed by atoms with E-state index in [1.54, 1.807) is 0 Å². The molecule has 0 saturated carbocycles. The molecule has 98 valence electrons. The Labute approximate surface area is 108 Å². The lowest BCUT2D eigenvalue weighted by Crippen LogP contribution is -2.07. The van der Waals surface area contributed by atoms with E-state index in [2.05, 4.69) is 0 Å². The van der Waals surface area contributed by atoms with Crippen LogP contribution in [0.3, 0.4) is 0 Å². The summed E-state index contributed by atoms with van der Waals surface area (Å²) in [5.74, 6) is -2.39. The van der Waals surface area contributed by atoms with Gasteiger partial charge in [0.15, 0.2) is 5.78 Å². The summed E-state index contributed by atoms with van der Waals surface area (Å²) in [7, 11) is 0. The number of halogens is 3. The summed E-state index contributed by atoms with van der Waals surface area (Å²) >= 11 is 0. The lowest BCUT2D eigenvalue weighted by atomic mass is 10.0. The third-order valence-corrected chi connectivity index (χ3v) is 2.88. The zero-order valence-electron chi connectivity index (χ0n) is 10.2. The Morgan fingerprint density at radius 3 is 2.21 bits per heavy atom. The van der Waals surface area contributed by atoms with Crippen molar-refractivity contribution in [2.75, 3.05) is 0 Å². The predicted molar refractivity (Wildman–Crippen MR) is 65.5 cm³/mol. The summed E-state index contributed by atoms with van der Waals surface area (Å²) in [5.41, 5.74) is 0.288. The van der Waals surface area contributed by atoms with Crippen LogP contribution >= 0.6 is 0 Å². The Bertz CT molecular complexity index is 615. The number of ketones is 1. The van der Waals surface area contributed by atoms with E-state index >= 15 is 0 Å². The van der Waals surface area contributed by atoms with Crippen LogP contribution in [-0.4, -0.2) is 5.78 Å². The van der Waals surface area contributed by atoms with E-state index < -0.39 is 23.2 Å². The number of carbonyl (C=O) groups is 1. The number of hydrogen-bond acceptors (Lipinski definition) is 1. The molecule has 0 aliphatic carbocycles. The van der Waals surface area contributed by atoms with Crippen molar-refractivity contribution in [3.8, 4) is 0 Å². The van der Waals surface area contributed by atoms with Gasteiger partial charge in [-0.05, 0) is 42.8 Å². The number of Topliss-reactive ketones (excluding diaryl/α,β-unsaturated/α-hetero) is 1. The van der Waals surface area contributed by atoms with Gasteiger partial charge in [0.1, 0.15) is 17.5 Å². The van der Waals surface area contributed by atoms with Crippen LogP contribution in [0.2, 0.25) is 0 Å². The summed E-state index contributed by atoms with van der Waals surface area (Å²) < 4.78 is 39.9. The molecule has 0 radical (unpaired) electrons. The first-order valence-electron chi connectivity index (χ1n) is 5.71. The molecule has 19 heavy (non-hydrogen) atoms. The molecule has 0 N–H and O–H groups in total. The van der Waals surface area contributed by atoms with Crippen LogP contribution in [0.5, 0.6) is 0 Å². The van der Waals surface area contributed by atoms with Crippen molar-refractivity contribution in [3.05, 3.63) is 70.5 Å². The lowest BCUT2D eigenvalue weighted by molar-refractivity contribution is 0.0990. The Hall–Kier alpha value is -2.10. The van der Waals surface area contributed by atoms with E-state index in [0.717, 1.165) is 12.1 Å². The van der Waals surface area contributed by atoms with Gasteiger partial charge in [0.25, 0.3) is 0 Å². The fourth-order valence-corrected chi connectivity index (χ4v) is 1.78. The van der Waals surface area contributed by atoms with Gasteiger partial charge in [-0.15, -0.1) is 0 Å². The second-order valence-corrected chi connectivity index (χ2v) is 4.26. The smallest absolute Gasteiger partial charge is 0.167 e. The second kappa shape index (κ2) is 5.26. The molecule has 0 heterocycles. The molecule has 2 aromatic rings. The monoisotopic (exact) mass is 264 g/mol. The molecule has 0 amide bonds. The molecule has 0 spiro atoms. The molecular formula is C15H11F3O. The van der Waals surface area contributed by atoms with Crippen LogP contribution in [-0.2, 0) is 6.42 Å². The Kier molecular flexibility index (Phi) is 3.69. The third kappa shape index (κ3) is 2.84. The number of aryl methyl sites for hydroxylation is 1. The molecule has 0 saturated heterocycles. The molecule has 0 fully saturated rings. The molecule has 4 heteroatoms. The Morgan fingerprint density at radius 2 is 1.63 bits per heavy atom. The molecule has 0 atom stereocenters. The van der Waals surface area contributed by atoms with Crippen LogP contribution in [0.1, 0.15) is 21.5 Å². The largest absolute Gasteiger partial charge is 0.294 e. The number of carbonyl (C=O) groups excluding carboxylic acids is 1. The van der Waals surface area contributed by atoms with Crippen molar-refractivity contribution >= 4 is 5.78 Å². The fourth-order valence-electron chi connectivity index (χ4n) is 1.78. The van der Waals surface area contributed by atoms with Crippen molar-refractivity contribution in [3.63, 3.8) is 0 Å². The van der Waals surface area contributed by atoms with Crippen LogP contribution in [0.25, 0.3) is 0 Å². The summed E-state index contributed by atoms with van der Waals surface area (Å²) in [6.07, 6.45) is -0.385. The highest BCUT2D eigenvalue weighted by atomic mass is 19.1. The zero-order chi connectivity index (χ0) is 14.0. The van der Waals surface area contributed by atoms with Crippen LogP contribution in [0.4, 0.5) is 13.2 Å². The molecule has 1 nitrogen and oxygen atoms in total. The van der Waals surface area contributed by atoms with E-state index in [4.69, 9.17) is 0 Å². The van der Waals surface area contributed by atoms with Crippen molar-refractivity contribution in [1.82, 2.24) is 0 Å². The van der Waals surface area contributed by atoms with Gasteiger partial charge < -0.3 is 0 Å². The maximum atomic E-state index is 13.4. The number of hydrogen-bond donors (Lipinski definition) is 0. The molecule has 0 bridgehead atoms. The average molecular weight is 264 g/mol. The van der Waals surface area contributed by atoms with Gasteiger partial charge in [-0.25, -0.2) is 13.2 Å². The van der Waals surface area contributed by atoms with Crippen molar-refractivity contribution in [1.29, 1.82) is 0 Å². The minimum absolute atomic E-state index is 0.238. The first-order valence-corrected chi connectivity index (χ1v) is 5.71. The maximum absolute atomic E-state index is 13.4. The third-order valence-electron chi connectivity index (χ3n) is 2.88. The van der Waals surface area contributed by atoms with E-state index in [0.29, 0.717) is 5.56 Å². The molecular weight excluding hydrogens is 253 g/mol. The normalized spacial score (nSPS) is 10.5. The zero-order valence-corrected chi connectivity index (χ0v) is 10.2. The molecule has 0 aliphatic rings. The highest BCUT2D eigenvalue weighted by Crippen LogP contribution is 2.16. The summed E-state index contributed by atoms with van der Waals surface area (Å²) in [6, 6.07) is 7.28. The molecule has 2 rings (SSSR count). The van der Waals surface area contributed by atoms with E-state index in [-0.39, 0.29) is 17.5 Å². The first kappa shape index (κ1) is 13.3. The van der Waals surface area contributed by atoms with Gasteiger partial charge in [0.2, 0.25) is 0 Å². The van der Waals surface area contributed by atoms with Gasteiger partial charge in [0, 0.05) is 17.5 Å². The Morgan fingerprint density at radius 1 is 1.00 bits per heavy atom. The van der Waals surface area contributed by atoms with E-state index in [9.17, 15) is 18.0 Å². The molecule has 2 aromatic carbocycles. The quantitative estimate of drug-likeness (QED) is 0.770. The van der Waals surface area contributed by atoms with Gasteiger partial charge in [0.05, 0.1) is 0 Å². The van der Waals surface area contributed by atoms with Crippen molar-refractivity contribution in [2.45, 2.75) is 13.3 Å². The lowest BCUT2D eigenvalue weighted by Gasteiger charge is -2.05. The van der Waals surface area contributed by atoms with Gasteiger partial charge >= 0.3 is 0 Å². The van der Waals surface area contributed by atoms with E-state index in [1.165, 1.54) is 31.2 Å². The maximum Gasteiger partial charge on any atom is 0.167 e. The van der Waals surface area contributed by atoms with Crippen LogP contribution in [0, 0.1) is 24.4 Å². The van der Waals surface area contributed by atoms with Crippen molar-refractivity contribution in [2.24, 2.45) is 0 Å². The van der Waals surface area contributed by atoms with Gasteiger partial charge in [-0.3, -0.25) is 4.79 Å². The van der Waals surface area contributed by atoms with Crippen molar-refractivity contribution < 1.29 is 18.0 Å². The standard InChI is InChI=1S/C15H11F3O/c1-9-7-10(5-6-12(9)16)15(19)8-11-13(17)3-2-4-14(11)18/h2-7H,8H2,1H3. The second-order valence-electron chi connectivity index (χ2n) is 4.26. The minimum atomic E-state index is -0.757. The molecule has 0 aromatic heterocycles. The topological polar surface area (TPSA) is 17.1 Å². The average Bonchev–Trinajstić information content (AvgIpc) is 2.37. The number of rotatable bonds is 3. The van der Waals surface area contributed by atoms with Crippen LogP contribution < -0.4 is 0 Å². The van der Waals surface area contributed by atoms with Gasteiger partial charge in [-0.1, -0.05) is 6.07 Å². The van der Waals surface area contributed by atoms with Crippen LogP contribution in [0.15, 0.2) is 36.4 Å². The molecule has 0 unspecified atom stereocenters. The summed E-state index contributed by atoms with van der Waals surface area (Å²) in [6.45, 7) is 1.52. The summed E-state index contributed by atoms with van der Waals surface area (Å²) in [4.78, 5) is 11.9. The first-order chi connectivity index (χ1) is 8.99. The molecule has 0 aliphatic heterocycles. The fraction of sp³-hybridized carbons (Fsp3) is 0.133. The van der Waals surface area contributed by atoms with E-state index in [1.807, 2.05) is 0 Å². The van der Waals surface area contributed by atoms with Gasteiger partial charge in [-0.2, -0.15) is 0 Å². The SMILES string of the molecule is Cc1cc(C(=O)Cc2c(F)cccc2F)ccc1F. The minimum Gasteiger partial charge on any atom is -0.294 e. The Balaban J connectivity index is 2.28. The summed E-state index contributed by atoms with van der Waals surface area (Å²) in [5, 5.41) is 0. The highest BCUT2D eigenvalue weighted by Gasteiger charge is 2.15. The predicted octanol–water partition coefficient (Wildman–Crippen LogP) is 3.84. The highest BCUT2D eigenvalue weighted by molar-refractivity contribution is 5.97. The number of benzene rings is 2.